The predicted octanol–water partition coefficient (Wildman–Crippen LogP) is 4.71. The fraction of sp³-hybridized carbons (Fsp3) is 0.217. The lowest BCUT2D eigenvalue weighted by atomic mass is 10.0. The number of hydrogen-bond acceptors (Lipinski definition) is 6. The van der Waals surface area contributed by atoms with Crippen molar-refractivity contribution >= 4 is 16.9 Å². The molecule has 0 aromatic heterocycles. The van der Waals surface area contributed by atoms with Gasteiger partial charge in [-0.3, -0.25) is 0 Å². The molecule has 1 fully saturated rings. The first kappa shape index (κ1) is 18.8. The Bertz CT molecular complexity index is 1060. The number of rotatable bonds is 6. The van der Waals surface area contributed by atoms with E-state index in [0.29, 0.717) is 5.56 Å². The van der Waals surface area contributed by atoms with Crippen LogP contribution in [0.25, 0.3) is 10.8 Å². The summed E-state index contributed by atoms with van der Waals surface area (Å²) < 4.78 is 21.1. The second-order valence-electron chi connectivity index (χ2n) is 6.67. The fourth-order valence-electron chi connectivity index (χ4n) is 3.19. The van der Waals surface area contributed by atoms with Crippen LogP contribution in [-0.4, -0.2) is 26.0 Å². The average Bonchev–Trinajstić information content (AvgIpc) is 3.55. The van der Waals surface area contributed by atoms with Crippen molar-refractivity contribution in [2.24, 2.45) is 0 Å². The average molecular weight is 389 g/mol. The second kappa shape index (κ2) is 8.21. The molecule has 0 amide bonds. The molecule has 0 radical (unpaired) electrons. The van der Waals surface area contributed by atoms with Crippen LogP contribution in [0.1, 0.15) is 23.3 Å². The van der Waals surface area contributed by atoms with Gasteiger partial charge < -0.3 is 18.9 Å². The lowest BCUT2D eigenvalue weighted by molar-refractivity contribution is 0.0347. The van der Waals surface area contributed by atoms with Crippen LogP contribution in [-0.2, 0) is 14.2 Å². The molecule has 0 saturated carbocycles. The Kier molecular flexibility index (Phi) is 5.32. The summed E-state index contributed by atoms with van der Waals surface area (Å²) >= 11 is 0. The highest BCUT2D eigenvalue weighted by Gasteiger charge is 2.41. The first-order chi connectivity index (χ1) is 14.2. The third-order valence-corrected chi connectivity index (χ3v) is 4.78. The number of ether oxygens (including phenoxy) is 4. The Morgan fingerprint density at radius 2 is 1.86 bits per heavy atom. The number of epoxide rings is 1. The van der Waals surface area contributed by atoms with E-state index >= 15 is 0 Å². The number of hydrogen-bond donors (Lipinski definition) is 0. The van der Waals surface area contributed by atoms with Crippen molar-refractivity contribution in [3.63, 3.8) is 0 Å². The molecule has 0 spiro atoms. The highest BCUT2D eigenvalue weighted by Crippen LogP contribution is 2.38. The molecule has 0 N–H and O–H groups in total. The zero-order valence-electron chi connectivity index (χ0n) is 15.8. The molecule has 1 saturated heterocycles. The highest BCUT2D eigenvalue weighted by atomic mass is 16.7. The highest BCUT2D eigenvalue weighted by molar-refractivity contribution is 5.84. The summed E-state index contributed by atoms with van der Waals surface area (Å²) in [6.45, 7) is 0.0774. The molecule has 1 aliphatic heterocycles. The van der Waals surface area contributed by atoms with Gasteiger partial charge in [-0.25, -0.2) is 4.79 Å². The van der Waals surface area contributed by atoms with Crippen molar-refractivity contribution in [2.45, 2.75) is 18.3 Å². The molecule has 6 nitrogen and oxygen atoms in total. The largest absolute Gasteiger partial charge is 0.510 e. The van der Waals surface area contributed by atoms with E-state index in [1.54, 1.807) is 13.2 Å². The van der Waals surface area contributed by atoms with Gasteiger partial charge in [-0.2, -0.15) is 5.26 Å². The Morgan fingerprint density at radius 1 is 1.10 bits per heavy atom. The van der Waals surface area contributed by atoms with Crippen molar-refractivity contribution in [1.29, 1.82) is 5.26 Å². The lowest BCUT2D eigenvalue weighted by Gasteiger charge is -2.12. The van der Waals surface area contributed by atoms with Gasteiger partial charge in [-0.05, 0) is 34.5 Å². The standard InChI is InChI=1S/C23H19NO5/c1-26-19-10-9-16-11-18(8-7-17(16)12-19)20(13-24)29-23(25)27-14-21-22(28-21)15-5-3-2-4-6-15/h2-12,20-22H,14H2,1H3/t20-,21-,22-/m0/s1. The van der Waals surface area contributed by atoms with E-state index in [1.807, 2.05) is 66.7 Å². The van der Waals surface area contributed by atoms with Crippen molar-refractivity contribution in [2.75, 3.05) is 13.7 Å². The number of benzene rings is 3. The Balaban J connectivity index is 1.35. The second-order valence-corrected chi connectivity index (χ2v) is 6.67. The summed E-state index contributed by atoms with van der Waals surface area (Å²) in [6.07, 6.45) is -2.22. The minimum absolute atomic E-state index is 0.0757. The van der Waals surface area contributed by atoms with E-state index in [-0.39, 0.29) is 18.8 Å². The van der Waals surface area contributed by atoms with Crippen LogP contribution in [0.4, 0.5) is 4.79 Å². The third kappa shape index (κ3) is 4.31. The van der Waals surface area contributed by atoms with Crippen molar-refractivity contribution in [3.8, 4) is 11.8 Å². The molecular weight excluding hydrogens is 370 g/mol. The summed E-state index contributed by atoms with van der Waals surface area (Å²) in [7, 11) is 1.61. The maximum atomic E-state index is 12.0. The maximum Gasteiger partial charge on any atom is 0.510 e. The van der Waals surface area contributed by atoms with E-state index in [0.717, 1.165) is 22.1 Å². The molecule has 1 heterocycles. The molecule has 0 bridgehead atoms. The van der Waals surface area contributed by atoms with Gasteiger partial charge in [0.15, 0.2) is 0 Å². The van der Waals surface area contributed by atoms with E-state index in [4.69, 9.17) is 18.9 Å². The summed E-state index contributed by atoms with van der Waals surface area (Å²) in [6, 6.07) is 22.7. The van der Waals surface area contributed by atoms with Crippen LogP contribution in [0, 0.1) is 11.3 Å². The summed E-state index contributed by atoms with van der Waals surface area (Å²) in [5.74, 6) is 0.748. The lowest BCUT2D eigenvalue weighted by Crippen LogP contribution is -2.15. The molecular formula is C23H19NO5. The van der Waals surface area contributed by atoms with Crippen LogP contribution in [0.2, 0.25) is 0 Å². The molecule has 0 aliphatic carbocycles. The number of carbonyl (C=O) groups is 1. The Morgan fingerprint density at radius 3 is 2.62 bits per heavy atom. The van der Waals surface area contributed by atoms with Gasteiger partial charge in [-0.1, -0.05) is 48.5 Å². The molecule has 29 heavy (non-hydrogen) atoms. The van der Waals surface area contributed by atoms with Gasteiger partial charge in [0.05, 0.1) is 7.11 Å². The quantitative estimate of drug-likeness (QED) is 0.449. The smallest absolute Gasteiger partial charge is 0.497 e. The van der Waals surface area contributed by atoms with Crippen LogP contribution in [0.15, 0.2) is 66.7 Å². The number of nitrogens with zero attached hydrogens (tertiary/aromatic N) is 1. The number of fused-ring (bicyclic) bond motifs is 1. The van der Waals surface area contributed by atoms with Gasteiger partial charge in [-0.15, -0.1) is 0 Å². The molecule has 6 heteroatoms. The monoisotopic (exact) mass is 389 g/mol. The first-order valence-corrected chi connectivity index (χ1v) is 9.19. The van der Waals surface area contributed by atoms with E-state index in [1.165, 1.54) is 0 Å². The summed E-state index contributed by atoms with van der Waals surface area (Å²) in [4.78, 5) is 12.0. The summed E-state index contributed by atoms with van der Waals surface area (Å²) in [5.41, 5.74) is 1.61. The molecule has 3 atom stereocenters. The minimum Gasteiger partial charge on any atom is -0.497 e. The molecule has 0 unspecified atom stereocenters. The molecule has 3 aromatic carbocycles. The van der Waals surface area contributed by atoms with Crippen molar-refractivity contribution in [1.82, 2.24) is 0 Å². The van der Waals surface area contributed by atoms with E-state index < -0.39 is 12.3 Å². The fourth-order valence-corrected chi connectivity index (χ4v) is 3.19. The van der Waals surface area contributed by atoms with Gasteiger partial charge >= 0.3 is 6.16 Å². The SMILES string of the molecule is COc1ccc2cc([C@H](C#N)OC(=O)OC[C@@H]3O[C@H]3c3ccccc3)ccc2c1. The van der Waals surface area contributed by atoms with Crippen LogP contribution in [0.3, 0.4) is 0 Å². The predicted molar refractivity (Wildman–Crippen MR) is 105 cm³/mol. The van der Waals surface area contributed by atoms with Crippen LogP contribution in [0.5, 0.6) is 5.75 Å². The van der Waals surface area contributed by atoms with Crippen LogP contribution < -0.4 is 4.74 Å². The van der Waals surface area contributed by atoms with Gasteiger partial charge in [0.1, 0.15) is 30.6 Å². The van der Waals surface area contributed by atoms with E-state index in [2.05, 4.69) is 0 Å². The molecule has 4 rings (SSSR count). The topological polar surface area (TPSA) is 81.1 Å². The number of carbonyl (C=O) groups excluding carboxylic acids is 1. The van der Waals surface area contributed by atoms with Crippen molar-refractivity contribution < 1.29 is 23.7 Å². The van der Waals surface area contributed by atoms with Crippen molar-refractivity contribution in [3.05, 3.63) is 77.9 Å². The van der Waals surface area contributed by atoms with Crippen LogP contribution >= 0.6 is 0 Å². The first-order valence-electron chi connectivity index (χ1n) is 9.19. The maximum absolute atomic E-state index is 12.0. The molecule has 1 aliphatic rings. The molecule has 3 aromatic rings. The van der Waals surface area contributed by atoms with Gasteiger partial charge in [0, 0.05) is 5.56 Å². The summed E-state index contributed by atoms with van der Waals surface area (Å²) in [5, 5.41) is 11.3. The zero-order chi connectivity index (χ0) is 20.2. The van der Waals surface area contributed by atoms with Gasteiger partial charge in [0.2, 0.25) is 6.10 Å². The normalized spacial score (nSPS) is 18.5. The van der Waals surface area contributed by atoms with Gasteiger partial charge in [0.25, 0.3) is 0 Å². The third-order valence-electron chi connectivity index (χ3n) is 4.78. The Labute approximate surface area is 168 Å². The number of methoxy groups -OCH3 is 1. The Hall–Kier alpha value is -3.56. The minimum atomic E-state index is -1.06. The molecule has 146 valence electrons. The van der Waals surface area contributed by atoms with E-state index in [9.17, 15) is 10.1 Å². The number of nitriles is 1. The zero-order valence-corrected chi connectivity index (χ0v) is 15.8.